The van der Waals surface area contributed by atoms with E-state index in [4.69, 9.17) is 11.6 Å². The van der Waals surface area contributed by atoms with Crippen molar-refractivity contribution in [2.24, 2.45) is 5.10 Å². The van der Waals surface area contributed by atoms with Crippen LogP contribution in [-0.2, 0) is 4.79 Å². The molecule has 0 aromatic heterocycles. The van der Waals surface area contributed by atoms with E-state index in [2.05, 4.69) is 15.8 Å². The number of halogens is 1. The molecule has 0 fully saturated rings. The number of hydrogen-bond donors (Lipinski definition) is 2. The van der Waals surface area contributed by atoms with Gasteiger partial charge in [-0.3, -0.25) is 4.79 Å². The van der Waals surface area contributed by atoms with Crippen molar-refractivity contribution in [3.05, 3.63) is 64.7 Å². The predicted molar refractivity (Wildman–Crippen MR) is 86.9 cm³/mol. The Morgan fingerprint density at radius 2 is 1.95 bits per heavy atom. The van der Waals surface area contributed by atoms with Gasteiger partial charge in [0.15, 0.2) is 0 Å². The number of nitrogens with one attached hydrogen (secondary N) is 2. The van der Waals surface area contributed by atoms with Crippen LogP contribution in [0, 0.1) is 6.92 Å². The normalized spacial score (nSPS) is 10.6. The van der Waals surface area contributed by atoms with Crippen molar-refractivity contribution in [1.29, 1.82) is 0 Å². The summed E-state index contributed by atoms with van der Waals surface area (Å²) in [5.74, 6) is -0.221. The minimum absolute atomic E-state index is 0.132. The molecule has 0 aliphatic carbocycles. The highest BCUT2D eigenvalue weighted by atomic mass is 35.5. The smallest absolute Gasteiger partial charge is 0.259 e. The molecule has 2 rings (SSSR count). The number of hydrogen-bond acceptors (Lipinski definition) is 3. The number of amides is 1. The largest absolute Gasteiger partial charge is 0.376 e. The summed E-state index contributed by atoms with van der Waals surface area (Å²) in [5.41, 5.74) is 5.15. The van der Waals surface area contributed by atoms with Crippen LogP contribution in [0.15, 0.2) is 53.6 Å². The summed E-state index contributed by atoms with van der Waals surface area (Å²) in [6, 6.07) is 15.1. The molecule has 0 saturated carbocycles. The number of hydrazone groups is 1. The average Bonchev–Trinajstić information content (AvgIpc) is 2.50. The Kier molecular flexibility index (Phi) is 5.35. The first-order valence-corrected chi connectivity index (χ1v) is 6.90. The van der Waals surface area contributed by atoms with Gasteiger partial charge >= 0.3 is 0 Å². The summed E-state index contributed by atoms with van der Waals surface area (Å²) >= 11 is 6.02. The van der Waals surface area contributed by atoms with Crippen LogP contribution in [0.5, 0.6) is 0 Å². The van der Waals surface area contributed by atoms with Gasteiger partial charge < -0.3 is 5.32 Å². The lowest BCUT2D eigenvalue weighted by atomic mass is 10.2. The maximum Gasteiger partial charge on any atom is 0.259 e. The van der Waals surface area contributed by atoms with Crippen molar-refractivity contribution in [2.75, 3.05) is 11.9 Å². The van der Waals surface area contributed by atoms with E-state index in [0.29, 0.717) is 5.02 Å². The van der Waals surface area contributed by atoms with Gasteiger partial charge in [-0.2, -0.15) is 5.10 Å². The molecular weight excluding hydrogens is 286 g/mol. The number of nitrogens with zero attached hydrogens (tertiary/aromatic N) is 1. The average molecular weight is 302 g/mol. The van der Waals surface area contributed by atoms with Crippen molar-refractivity contribution in [2.45, 2.75) is 6.92 Å². The Morgan fingerprint density at radius 3 is 2.71 bits per heavy atom. The second-order valence-corrected chi connectivity index (χ2v) is 4.88. The molecule has 5 heteroatoms. The molecule has 108 valence electrons. The molecule has 1 amide bonds. The van der Waals surface area contributed by atoms with E-state index < -0.39 is 0 Å². The lowest BCUT2D eigenvalue weighted by Crippen LogP contribution is -2.26. The molecule has 2 aromatic rings. The minimum Gasteiger partial charge on any atom is -0.376 e. The summed E-state index contributed by atoms with van der Waals surface area (Å²) in [6.45, 7) is 2.03. The number of rotatable bonds is 5. The standard InChI is InChI=1S/C16H16ClN3O/c1-12-14(17)8-5-9-15(12)18-11-16(21)20-19-10-13-6-3-2-4-7-13/h2-10,18H,11H2,1H3,(H,20,21)/b19-10+. The molecule has 21 heavy (non-hydrogen) atoms. The highest BCUT2D eigenvalue weighted by Crippen LogP contribution is 2.22. The van der Waals surface area contributed by atoms with Crippen molar-refractivity contribution in [3.63, 3.8) is 0 Å². The fourth-order valence-electron chi connectivity index (χ4n) is 1.73. The third kappa shape index (κ3) is 4.61. The van der Waals surface area contributed by atoms with Crippen LogP contribution in [-0.4, -0.2) is 18.7 Å². The maximum absolute atomic E-state index is 11.7. The van der Waals surface area contributed by atoms with E-state index in [9.17, 15) is 4.79 Å². The number of carbonyl (C=O) groups excluding carboxylic acids is 1. The van der Waals surface area contributed by atoms with E-state index in [1.807, 2.05) is 55.5 Å². The minimum atomic E-state index is -0.221. The Bertz CT molecular complexity index is 641. The zero-order chi connectivity index (χ0) is 15.1. The number of benzene rings is 2. The molecule has 0 unspecified atom stereocenters. The van der Waals surface area contributed by atoms with Gasteiger partial charge in [0.05, 0.1) is 12.8 Å². The fraction of sp³-hybridized carbons (Fsp3) is 0.125. The Balaban J connectivity index is 1.83. The van der Waals surface area contributed by atoms with E-state index in [1.165, 1.54) is 0 Å². The SMILES string of the molecule is Cc1c(Cl)cccc1NCC(=O)N/N=C/c1ccccc1. The monoisotopic (exact) mass is 301 g/mol. The van der Waals surface area contributed by atoms with Gasteiger partial charge in [-0.05, 0) is 30.2 Å². The molecule has 0 spiro atoms. The Hall–Kier alpha value is -2.33. The highest BCUT2D eigenvalue weighted by molar-refractivity contribution is 6.31. The van der Waals surface area contributed by atoms with E-state index in [-0.39, 0.29) is 12.5 Å². The van der Waals surface area contributed by atoms with Crippen LogP contribution in [0.2, 0.25) is 5.02 Å². The summed E-state index contributed by atoms with van der Waals surface area (Å²) in [7, 11) is 0. The maximum atomic E-state index is 11.7. The molecule has 0 bridgehead atoms. The van der Waals surface area contributed by atoms with Crippen molar-refractivity contribution in [3.8, 4) is 0 Å². The van der Waals surface area contributed by atoms with Gasteiger partial charge in [0.2, 0.25) is 0 Å². The fourth-order valence-corrected chi connectivity index (χ4v) is 1.91. The highest BCUT2D eigenvalue weighted by Gasteiger charge is 2.03. The van der Waals surface area contributed by atoms with Crippen LogP contribution >= 0.6 is 11.6 Å². The predicted octanol–water partition coefficient (Wildman–Crippen LogP) is 3.21. The zero-order valence-corrected chi connectivity index (χ0v) is 12.4. The molecule has 0 aliphatic heterocycles. The van der Waals surface area contributed by atoms with E-state index in [1.54, 1.807) is 6.21 Å². The van der Waals surface area contributed by atoms with Gasteiger partial charge in [-0.15, -0.1) is 0 Å². The van der Waals surface area contributed by atoms with Crippen LogP contribution in [0.3, 0.4) is 0 Å². The van der Waals surface area contributed by atoms with Crippen LogP contribution in [0.4, 0.5) is 5.69 Å². The summed E-state index contributed by atoms with van der Waals surface area (Å²) < 4.78 is 0. The molecule has 0 aliphatic rings. The quantitative estimate of drug-likeness (QED) is 0.658. The molecule has 0 heterocycles. The van der Waals surface area contributed by atoms with Gasteiger partial charge in [0.25, 0.3) is 5.91 Å². The third-order valence-electron chi connectivity index (χ3n) is 2.91. The number of anilines is 1. The summed E-state index contributed by atoms with van der Waals surface area (Å²) in [5, 5.41) is 7.60. The van der Waals surface area contributed by atoms with Gasteiger partial charge in [-0.1, -0.05) is 48.0 Å². The first kappa shape index (κ1) is 15.1. The topological polar surface area (TPSA) is 53.5 Å². The van der Waals surface area contributed by atoms with E-state index >= 15 is 0 Å². The van der Waals surface area contributed by atoms with Gasteiger partial charge in [-0.25, -0.2) is 5.43 Å². The van der Waals surface area contributed by atoms with Crippen LogP contribution in [0.1, 0.15) is 11.1 Å². The summed E-state index contributed by atoms with van der Waals surface area (Å²) in [4.78, 5) is 11.7. The lowest BCUT2D eigenvalue weighted by Gasteiger charge is -2.09. The molecule has 0 saturated heterocycles. The van der Waals surface area contributed by atoms with Crippen molar-refractivity contribution < 1.29 is 4.79 Å². The molecular formula is C16H16ClN3O. The van der Waals surface area contributed by atoms with Gasteiger partial charge in [0.1, 0.15) is 0 Å². The Labute approximate surface area is 128 Å². The van der Waals surface area contributed by atoms with Crippen molar-refractivity contribution in [1.82, 2.24) is 5.43 Å². The second kappa shape index (κ2) is 7.45. The number of carbonyl (C=O) groups is 1. The van der Waals surface area contributed by atoms with E-state index in [0.717, 1.165) is 16.8 Å². The second-order valence-electron chi connectivity index (χ2n) is 4.47. The van der Waals surface area contributed by atoms with Crippen LogP contribution in [0.25, 0.3) is 0 Å². The molecule has 4 nitrogen and oxygen atoms in total. The van der Waals surface area contributed by atoms with Crippen molar-refractivity contribution >= 4 is 29.4 Å². The zero-order valence-electron chi connectivity index (χ0n) is 11.6. The first-order valence-electron chi connectivity index (χ1n) is 6.53. The third-order valence-corrected chi connectivity index (χ3v) is 3.32. The summed E-state index contributed by atoms with van der Waals surface area (Å²) in [6.07, 6.45) is 1.60. The lowest BCUT2D eigenvalue weighted by molar-refractivity contribution is -0.119. The molecule has 2 N–H and O–H groups in total. The molecule has 0 radical (unpaired) electrons. The van der Waals surface area contributed by atoms with Crippen LogP contribution < -0.4 is 10.7 Å². The molecule has 2 aromatic carbocycles. The Morgan fingerprint density at radius 1 is 1.19 bits per heavy atom. The first-order chi connectivity index (χ1) is 10.2. The van der Waals surface area contributed by atoms with Gasteiger partial charge in [0, 0.05) is 10.7 Å². The molecule has 0 atom stereocenters.